The number of rotatable bonds is 3. The fraction of sp³-hybridized carbons (Fsp3) is 0.364. The van der Waals surface area contributed by atoms with Gasteiger partial charge in [-0.1, -0.05) is 0 Å². The van der Waals surface area contributed by atoms with Gasteiger partial charge >= 0.3 is 0 Å². The second-order valence-corrected chi connectivity index (χ2v) is 4.54. The quantitative estimate of drug-likeness (QED) is 0.708. The third-order valence-electron chi connectivity index (χ3n) is 1.95. The molecule has 0 saturated carbocycles. The lowest BCUT2D eigenvalue weighted by molar-refractivity contribution is 0.207. The lowest BCUT2D eigenvalue weighted by atomic mass is 10.1. The fourth-order valence-electron chi connectivity index (χ4n) is 1.04. The summed E-state index contributed by atoms with van der Waals surface area (Å²) in [6.45, 7) is 3.62. The number of thiocarbonyl (C=S) groups is 1. The Hall–Kier alpha value is -1.20. The first-order chi connectivity index (χ1) is 7.43. The van der Waals surface area contributed by atoms with E-state index in [1.165, 1.54) is 12.1 Å². The van der Waals surface area contributed by atoms with Crippen LogP contribution in [0.25, 0.3) is 0 Å². The summed E-state index contributed by atoms with van der Waals surface area (Å²) in [7, 11) is 0. The number of halogens is 1. The van der Waals surface area contributed by atoms with Gasteiger partial charge in [0.1, 0.15) is 5.82 Å². The van der Waals surface area contributed by atoms with E-state index in [1.54, 1.807) is 12.1 Å². The van der Waals surface area contributed by atoms with Crippen LogP contribution in [0.3, 0.4) is 0 Å². The molecule has 0 saturated heterocycles. The fourth-order valence-corrected chi connectivity index (χ4v) is 1.44. The van der Waals surface area contributed by atoms with Gasteiger partial charge < -0.3 is 15.7 Å². The molecule has 0 heterocycles. The predicted octanol–water partition coefficient (Wildman–Crippen LogP) is 1.88. The van der Waals surface area contributed by atoms with E-state index in [0.29, 0.717) is 10.8 Å². The van der Waals surface area contributed by atoms with Crippen LogP contribution >= 0.6 is 12.2 Å². The second-order valence-electron chi connectivity index (χ2n) is 4.13. The minimum absolute atomic E-state index is 0.0295. The van der Waals surface area contributed by atoms with E-state index < -0.39 is 5.54 Å². The van der Waals surface area contributed by atoms with Crippen molar-refractivity contribution >= 4 is 23.0 Å². The number of aliphatic hydroxyl groups excluding tert-OH is 1. The van der Waals surface area contributed by atoms with Gasteiger partial charge in [-0.3, -0.25) is 0 Å². The zero-order valence-electron chi connectivity index (χ0n) is 9.25. The van der Waals surface area contributed by atoms with E-state index in [1.807, 2.05) is 13.8 Å². The van der Waals surface area contributed by atoms with E-state index in [2.05, 4.69) is 10.6 Å². The Morgan fingerprint density at radius 1 is 1.38 bits per heavy atom. The van der Waals surface area contributed by atoms with Crippen LogP contribution in [0, 0.1) is 5.82 Å². The number of hydrogen-bond acceptors (Lipinski definition) is 2. The van der Waals surface area contributed by atoms with Gasteiger partial charge in [0.05, 0.1) is 12.1 Å². The molecule has 88 valence electrons. The van der Waals surface area contributed by atoms with Crippen molar-refractivity contribution in [2.75, 3.05) is 11.9 Å². The van der Waals surface area contributed by atoms with Gasteiger partial charge in [-0.05, 0) is 50.3 Å². The van der Waals surface area contributed by atoms with Gasteiger partial charge in [0.25, 0.3) is 0 Å². The third kappa shape index (κ3) is 4.12. The summed E-state index contributed by atoms with van der Waals surface area (Å²) in [6, 6.07) is 5.88. The van der Waals surface area contributed by atoms with Gasteiger partial charge in [-0.2, -0.15) is 0 Å². The SMILES string of the molecule is CC(C)(CO)NC(=S)Nc1ccc(F)cc1. The Labute approximate surface area is 99.7 Å². The molecule has 1 aromatic rings. The number of hydrogen-bond donors (Lipinski definition) is 3. The van der Waals surface area contributed by atoms with E-state index in [4.69, 9.17) is 17.3 Å². The van der Waals surface area contributed by atoms with Crippen molar-refractivity contribution in [1.29, 1.82) is 0 Å². The van der Waals surface area contributed by atoms with Crippen LogP contribution in [0.1, 0.15) is 13.8 Å². The summed E-state index contributed by atoms with van der Waals surface area (Å²) in [5, 5.41) is 15.3. The predicted molar refractivity (Wildman–Crippen MR) is 66.9 cm³/mol. The minimum Gasteiger partial charge on any atom is -0.394 e. The average Bonchev–Trinajstić information content (AvgIpc) is 2.21. The molecular weight excluding hydrogens is 227 g/mol. The summed E-state index contributed by atoms with van der Waals surface area (Å²) in [4.78, 5) is 0. The summed E-state index contributed by atoms with van der Waals surface area (Å²) >= 11 is 5.06. The Bertz CT molecular complexity index is 365. The number of benzene rings is 1. The van der Waals surface area contributed by atoms with Crippen LogP contribution in [-0.4, -0.2) is 22.4 Å². The maximum atomic E-state index is 12.6. The monoisotopic (exact) mass is 242 g/mol. The van der Waals surface area contributed by atoms with Gasteiger partial charge in [-0.15, -0.1) is 0 Å². The Morgan fingerprint density at radius 2 is 1.94 bits per heavy atom. The number of nitrogens with one attached hydrogen (secondary N) is 2. The van der Waals surface area contributed by atoms with E-state index in [-0.39, 0.29) is 12.4 Å². The average molecular weight is 242 g/mol. The smallest absolute Gasteiger partial charge is 0.171 e. The molecule has 5 heteroatoms. The Kier molecular flexibility index (Phi) is 4.20. The van der Waals surface area contributed by atoms with Crippen molar-refractivity contribution in [3.8, 4) is 0 Å². The van der Waals surface area contributed by atoms with Crippen molar-refractivity contribution in [2.45, 2.75) is 19.4 Å². The Morgan fingerprint density at radius 3 is 2.44 bits per heavy atom. The lowest BCUT2D eigenvalue weighted by Crippen LogP contribution is -2.47. The molecule has 0 aliphatic rings. The van der Waals surface area contributed by atoms with Crippen LogP contribution in [0.2, 0.25) is 0 Å². The maximum absolute atomic E-state index is 12.6. The molecule has 0 aromatic heterocycles. The highest BCUT2D eigenvalue weighted by atomic mass is 32.1. The third-order valence-corrected chi connectivity index (χ3v) is 2.15. The van der Waals surface area contributed by atoms with E-state index in [0.717, 1.165) is 0 Å². The van der Waals surface area contributed by atoms with Gasteiger partial charge in [-0.25, -0.2) is 4.39 Å². The van der Waals surface area contributed by atoms with Gasteiger partial charge in [0.15, 0.2) is 5.11 Å². The molecule has 0 unspecified atom stereocenters. The summed E-state index contributed by atoms with van der Waals surface area (Å²) < 4.78 is 12.6. The highest BCUT2D eigenvalue weighted by Crippen LogP contribution is 2.09. The van der Waals surface area contributed by atoms with Crippen molar-refractivity contribution in [1.82, 2.24) is 5.32 Å². The van der Waals surface area contributed by atoms with E-state index >= 15 is 0 Å². The standard InChI is InChI=1S/C11H15FN2OS/c1-11(2,7-15)14-10(16)13-9-5-3-8(12)4-6-9/h3-6,15H,7H2,1-2H3,(H2,13,14,16). The largest absolute Gasteiger partial charge is 0.394 e. The first kappa shape index (κ1) is 12.9. The van der Waals surface area contributed by atoms with Crippen molar-refractivity contribution in [3.05, 3.63) is 30.1 Å². The molecule has 0 aliphatic carbocycles. The first-order valence-corrected chi connectivity index (χ1v) is 5.29. The van der Waals surface area contributed by atoms with Gasteiger partial charge in [0, 0.05) is 5.69 Å². The van der Waals surface area contributed by atoms with Crippen LogP contribution in [0.4, 0.5) is 10.1 Å². The highest BCUT2D eigenvalue weighted by Gasteiger charge is 2.16. The van der Waals surface area contributed by atoms with Crippen molar-refractivity contribution < 1.29 is 9.50 Å². The number of anilines is 1. The topological polar surface area (TPSA) is 44.3 Å². The van der Waals surface area contributed by atoms with Crippen LogP contribution < -0.4 is 10.6 Å². The summed E-state index contributed by atoms with van der Waals surface area (Å²) in [6.07, 6.45) is 0. The minimum atomic E-state index is -0.482. The molecule has 0 bridgehead atoms. The van der Waals surface area contributed by atoms with Crippen LogP contribution in [-0.2, 0) is 0 Å². The molecule has 0 aliphatic heterocycles. The molecule has 0 spiro atoms. The molecular formula is C11H15FN2OS. The molecule has 3 N–H and O–H groups in total. The Balaban J connectivity index is 2.55. The molecule has 0 fully saturated rings. The number of aliphatic hydroxyl groups is 1. The maximum Gasteiger partial charge on any atom is 0.171 e. The van der Waals surface area contributed by atoms with E-state index in [9.17, 15) is 4.39 Å². The molecule has 0 amide bonds. The molecule has 0 atom stereocenters. The summed E-state index contributed by atoms with van der Waals surface area (Å²) in [5.74, 6) is -0.292. The molecule has 16 heavy (non-hydrogen) atoms. The molecule has 3 nitrogen and oxygen atoms in total. The molecule has 0 radical (unpaired) electrons. The normalized spacial score (nSPS) is 11.0. The molecule has 1 rings (SSSR count). The van der Waals surface area contributed by atoms with Gasteiger partial charge in [0.2, 0.25) is 0 Å². The van der Waals surface area contributed by atoms with Crippen molar-refractivity contribution in [3.63, 3.8) is 0 Å². The lowest BCUT2D eigenvalue weighted by Gasteiger charge is -2.25. The zero-order chi connectivity index (χ0) is 12.2. The van der Waals surface area contributed by atoms with Crippen LogP contribution in [0.15, 0.2) is 24.3 Å². The van der Waals surface area contributed by atoms with Crippen molar-refractivity contribution in [2.24, 2.45) is 0 Å². The first-order valence-electron chi connectivity index (χ1n) is 4.88. The molecule has 1 aromatic carbocycles. The second kappa shape index (κ2) is 5.23. The summed E-state index contributed by atoms with van der Waals surface area (Å²) in [5.41, 5.74) is 0.219. The highest BCUT2D eigenvalue weighted by molar-refractivity contribution is 7.80. The van der Waals surface area contributed by atoms with Crippen LogP contribution in [0.5, 0.6) is 0 Å². The zero-order valence-corrected chi connectivity index (χ0v) is 10.1.